The minimum atomic E-state index is 0. The highest BCUT2D eigenvalue weighted by Crippen LogP contribution is 2.39. The minimum Gasteiger partial charge on any atom is -0.493 e. The Balaban J connectivity index is 0.00000385. The number of benzene rings is 2. The summed E-state index contributed by atoms with van der Waals surface area (Å²) in [5.74, 6) is 2.57. The number of rotatable bonds is 9. The van der Waals surface area contributed by atoms with E-state index in [0.717, 1.165) is 38.4 Å². The summed E-state index contributed by atoms with van der Waals surface area (Å²) in [6, 6.07) is 12.3. The highest BCUT2D eigenvalue weighted by molar-refractivity contribution is 14.0. The molecule has 0 atom stereocenters. The van der Waals surface area contributed by atoms with Gasteiger partial charge in [0.2, 0.25) is 5.75 Å². The lowest BCUT2D eigenvalue weighted by atomic mass is 10.1. The first-order valence-corrected chi connectivity index (χ1v) is 10.8. The number of nitrogens with one attached hydrogen (secondary N) is 2. The number of aliphatic imine (C=N–C) groups is 1. The van der Waals surface area contributed by atoms with Crippen LogP contribution in [0.5, 0.6) is 17.2 Å². The summed E-state index contributed by atoms with van der Waals surface area (Å²) in [6.45, 7) is 5.68. The zero-order valence-corrected chi connectivity index (χ0v) is 22.2. The van der Waals surface area contributed by atoms with Crippen molar-refractivity contribution in [1.82, 2.24) is 15.5 Å². The molecule has 182 valence electrons. The summed E-state index contributed by atoms with van der Waals surface area (Å²) in [5, 5.41) is 6.78. The van der Waals surface area contributed by atoms with Crippen molar-refractivity contribution in [2.45, 2.75) is 19.6 Å². The number of guanidine groups is 1. The van der Waals surface area contributed by atoms with Gasteiger partial charge in [-0.1, -0.05) is 24.3 Å². The third kappa shape index (κ3) is 7.38. The van der Waals surface area contributed by atoms with Crippen molar-refractivity contribution < 1.29 is 18.9 Å². The molecule has 3 rings (SSSR count). The van der Waals surface area contributed by atoms with Gasteiger partial charge in [0, 0.05) is 45.3 Å². The predicted octanol–water partition coefficient (Wildman–Crippen LogP) is 3.03. The van der Waals surface area contributed by atoms with Gasteiger partial charge in [0.25, 0.3) is 0 Å². The van der Waals surface area contributed by atoms with Gasteiger partial charge in [0.1, 0.15) is 0 Å². The van der Waals surface area contributed by atoms with Crippen LogP contribution in [0.15, 0.2) is 41.4 Å². The van der Waals surface area contributed by atoms with Crippen LogP contribution in [0, 0.1) is 0 Å². The molecule has 2 N–H and O–H groups in total. The molecule has 0 spiro atoms. The highest BCUT2D eigenvalue weighted by Gasteiger charge is 2.16. The van der Waals surface area contributed by atoms with Crippen molar-refractivity contribution in [3.05, 3.63) is 53.1 Å². The number of methoxy groups -OCH3 is 3. The van der Waals surface area contributed by atoms with Crippen LogP contribution in [-0.2, 0) is 24.4 Å². The van der Waals surface area contributed by atoms with Crippen LogP contribution < -0.4 is 24.8 Å². The van der Waals surface area contributed by atoms with E-state index in [4.69, 9.17) is 18.9 Å². The fourth-order valence-electron chi connectivity index (χ4n) is 3.77. The van der Waals surface area contributed by atoms with Crippen molar-refractivity contribution in [1.29, 1.82) is 0 Å². The molecule has 0 aliphatic carbocycles. The average molecular weight is 570 g/mol. The molecule has 0 bridgehead atoms. The van der Waals surface area contributed by atoms with Crippen molar-refractivity contribution in [3.8, 4) is 17.2 Å². The molecule has 0 radical (unpaired) electrons. The van der Waals surface area contributed by atoms with Gasteiger partial charge in [0.05, 0.1) is 34.5 Å². The molecule has 9 heteroatoms. The molecule has 0 amide bonds. The van der Waals surface area contributed by atoms with Crippen LogP contribution in [0.2, 0.25) is 0 Å². The van der Waals surface area contributed by atoms with Crippen LogP contribution in [0.25, 0.3) is 0 Å². The summed E-state index contributed by atoms with van der Waals surface area (Å²) >= 11 is 0. The number of hydrogen-bond acceptors (Lipinski definition) is 6. The van der Waals surface area contributed by atoms with E-state index in [2.05, 4.69) is 44.8 Å². The second-order valence-electron chi connectivity index (χ2n) is 7.43. The van der Waals surface area contributed by atoms with Gasteiger partial charge >= 0.3 is 0 Å². The van der Waals surface area contributed by atoms with E-state index in [1.807, 2.05) is 12.1 Å². The summed E-state index contributed by atoms with van der Waals surface area (Å²) in [7, 11) is 6.60. The molecule has 1 saturated heterocycles. The summed E-state index contributed by atoms with van der Waals surface area (Å²) in [5.41, 5.74) is 3.52. The Morgan fingerprint density at radius 3 is 2.12 bits per heavy atom. The van der Waals surface area contributed by atoms with Crippen LogP contribution in [-0.4, -0.2) is 65.5 Å². The topological polar surface area (TPSA) is 76.6 Å². The Hall–Kier alpha value is -2.24. The molecular formula is C24H35IN4O4. The first-order valence-electron chi connectivity index (χ1n) is 10.8. The first kappa shape index (κ1) is 27.0. The molecule has 1 fully saturated rings. The van der Waals surface area contributed by atoms with Crippen LogP contribution in [0.4, 0.5) is 0 Å². The largest absolute Gasteiger partial charge is 0.493 e. The van der Waals surface area contributed by atoms with E-state index in [0.29, 0.717) is 36.3 Å². The monoisotopic (exact) mass is 570 g/mol. The first-order chi connectivity index (χ1) is 15.7. The van der Waals surface area contributed by atoms with E-state index in [1.54, 1.807) is 28.4 Å². The van der Waals surface area contributed by atoms with Gasteiger partial charge in [-0.05, 0) is 23.3 Å². The minimum absolute atomic E-state index is 0. The van der Waals surface area contributed by atoms with Crippen LogP contribution in [0.3, 0.4) is 0 Å². The Morgan fingerprint density at radius 1 is 0.879 bits per heavy atom. The maximum Gasteiger partial charge on any atom is 0.203 e. The molecule has 0 saturated carbocycles. The quantitative estimate of drug-likeness (QED) is 0.273. The Labute approximate surface area is 213 Å². The molecule has 1 aliphatic rings. The number of morpholine rings is 1. The summed E-state index contributed by atoms with van der Waals surface area (Å²) in [4.78, 5) is 6.80. The Bertz CT molecular complexity index is 904. The molecule has 2 aromatic rings. The average Bonchev–Trinajstić information content (AvgIpc) is 2.84. The molecule has 8 nitrogen and oxygen atoms in total. The lowest BCUT2D eigenvalue weighted by Crippen LogP contribution is -2.37. The van der Waals surface area contributed by atoms with Crippen LogP contribution >= 0.6 is 24.0 Å². The van der Waals surface area contributed by atoms with Gasteiger partial charge in [-0.2, -0.15) is 0 Å². The van der Waals surface area contributed by atoms with Crippen molar-refractivity contribution in [3.63, 3.8) is 0 Å². The van der Waals surface area contributed by atoms with E-state index >= 15 is 0 Å². The van der Waals surface area contributed by atoms with E-state index in [1.165, 1.54) is 11.1 Å². The molecular weight excluding hydrogens is 535 g/mol. The molecule has 1 aliphatic heterocycles. The van der Waals surface area contributed by atoms with E-state index in [9.17, 15) is 0 Å². The maximum absolute atomic E-state index is 5.57. The van der Waals surface area contributed by atoms with Crippen molar-refractivity contribution in [2.24, 2.45) is 4.99 Å². The molecule has 2 aromatic carbocycles. The lowest BCUT2D eigenvalue weighted by Gasteiger charge is -2.27. The number of nitrogens with zero attached hydrogens (tertiary/aromatic N) is 2. The number of hydrogen-bond donors (Lipinski definition) is 2. The fourth-order valence-corrected chi connectivity index (χ4v) is 3.77. The molecule has 0 unspecified atom stereocenters. The van der Waals surface area contributed by atoms with Crippen molar-refractivity contribution in [2.75, 3.05) is 54.7 Å². The normalized spacial score (nSPS) is 14.2. The van der Waals surface area contributed by atoms with Gasteiger partial charge in [-0.15, -0.1) is 24.0 Å². The number of halogens is 1. The summed E-state index contributed by atoms with van der Waals surface area (Å²) < 4.78 is 21.9. The van der Waals surface area contributed by atoms with Gasteiger partial charge in [0.15, 0.2) is 17.5 Å². The molecule has 1 heterocycles. The second kappa shape index (κ2) is 14.1. The fraction of sp³-hybridized carbons (Fsp3) is 0.458. The molecule has 33 heavy (non-hydrogen) atoms. The third-order valence-electron chi connectivity index (χ3n) is 5.52. The predicted molar refractivity (Wildman–Crippen MR) is 141 cm³/mol. The van der Waals surface area contributed by atoms with Gasteiger partial charge < -0.3 is 29.6 Å². The standard InChI is InChI=1S/C24H34N4O4.HI/c1-25-24(27-16-19-9-10-21(29-2)23(31-4)22(19)30-3)26-15-18-7-5-6-8-20(18)17-28-11-13-32-14-12-28;/h5-10H,11-17H2,1-4H3,(H2,25,26,27);1H. The smallest absolute Gasteiger partial charge is 0.203 e. The second-order valence-corrected chi connectivity index (χ2v) is 7.43. The zero-order chi connectivity index (χ0) is 22.8. The third-order valence-corrected chi connectivity index (χ3v) is 5.52. The Morgan fingerprint density at radius 2 is 1.52 bits per heavy atom. The highest BCUT2D eigenvalue weighted by atomic mass is 127. The van der Waals surface area contributed by atoms with E-state index < -0.39 is 0 Å². The van der Waals surface area contributed by atoms with E-state index in [-0.39, 0.29) is 24.0 Å². The zero-order valence-electron chi connectivity index (χ0n) is 19.8. The van der Waals surface area contributed by atoms with Gasteiger partial charge in [-0.3, -0.25) is 9.89 Å². The van der Waals surface area contributed by atoms with Gasteiger partial charge in [-0.25, -0.2) is 0 Å². The SMILES string of the molecule is CN=C(NCc1ccccc1CN1CCOCC1)NCc1ccc(OC)c(OC)c1OC.I. The summed E-state index contributed by atoms with van der Waals surface area (Å²) in [6.07, 6.45) is 0. The number of ether oxygens (including phenoxy) is 4. The maximum atomic E-state index is 5.57. The molecule has 0 aromatic heterocycles. The Kier molecular flexibility index (Phi) is 11.6. The lowest BCUT2D eigenvalue weighted by molar-refractivity contribution is 0.0341. The van der Waals surface area contributed by atoms with Crippen molar-refractivity contribution >= 4 is 29.9 Å². The van der Waals surface area contributed by atoms with Crippen LogP contribution in [0.1, 0.15) is 16.7 Å².